The Bertz CT molecular complexity index is 980. The number of carbonyl (C=O) groups is 1. The molecule has 0 aliphatic carbocycles. The first-order valence-electron chi connectivity index (χ1n) is 9.31. The van der Waals surface area contributed by atoms with E-state index in [4.69, 9.17) is 5.73 Å². The molecule has 0 spiro atoms. The summed E-state index contributed by atoms with van der Waals surface area (Å²) in [6, 6.07) is 11.8. The average Bonchev–Trinajstić information content (AvgIpc) is 3.03. The van der Waals surface area contributed by atoms with Crippen LogP contribution in [0.2, 0.25) is 0 Å². The number of nitrogens with two attached hydrogens (primary N) is 1. The van der Waals surface area contributed by atoms with Crippen molar-refractivity contribution in [2.45, 2.75) is 19.8 Å². The summed E-state index contributed by atoms with van der Waals surface area (Å²) in [6.07, 6.45) is 1.75. The highest BCUT2D eigenvalue weighted by atomic mass is 35.5. The Balaban J connectivity index is 0.00000150. The number of anilines is 2. The summed E-state index contributed by atoms with van der Waals surface area (Å²) in [6.45, 7) is 5.09. The molecule has 3 aromatic rings. The van der Waals surface area contributed by atoms with Gasteiger partial charge in [-0.2, -0.15) is 4.37 Å². The quantitative estimate of drug-likeness (QED) is 0.605. The number of nitrogens with zero attached hydrogens (tertiary/aromatic N) is 4. The third-order valence-electron chi connectivity index (χ3n) is 4.98. The largest absolute Gasteiger partial charge is 0.398 e. The standard InChI is InChI=1S/C20H23N5OS.2ClH/c1-2-18-22-20(27-23-18)25-9-5-8-24(10-11-25)19(26)16-12-14-6-3-4-7-15(14)13-17(16)21;;/h3-4,6-7,12-13H,2,5,8-11,21H2,1H3;2*1H. The van der Waals surface area contributed by atoms with E-state index in [1.165, 1.54) is 11.5 Å². The molecule has 0 atom stereocenters. The molecule has 156 valence electrons. The maximum Gasteiger partial charge on any atom is 0.256 e. The zero-order valence-electron chi connectivity index (χ0n) is 16.2. The van der Waals surface area contributed by atoms with Crippen molar-refractivity contribution in [1.82, 2.24) is 14.3 Å². The third-order valence-corrected chi connectivity index (χ3v) is 5.79. The molecule has 29 heavy (non-hydrogen) atoms. The zero-order valence-corrected chi connectivity index (χ0v) is 18.7. The Morgan fingerprint density at radius 1 is 1.10 bits per heavy atom. The van der Waals surface area contributed by atoms with Crippen molar-refractivity contribution in [3.63, 3.8) is 0 Å². The van der Waals surface area contributed by atoms with Gasteiger partial charge in [-0.3, -0.25) is 4.79 Å². The fourth-order valence-corrected chi connectivity index (χ4v) is 4.24. The predicted octanol–water partition coefficient (Wildman–Crippen LogP) is 4.03. The average molecular weight is 454 g/mol. The molecule has 6 nitrogen and oxygen atoms in total. The number of rotatable bonds is 3. The molecule has 9 heteroatoms. The fraction of sp³-hybridized carbons (Fsp3) is 0.350. The minimum absolute atomic E-state index is 0. The first-order valence-corrected chi connectivity index (χ1v) is 10.1. The van der Waals surface area contributed by atoms with E-state index >= 15 is 0 Å². The molecule has 1 aliphatic rings. The molecule has 1 fully saturated rings. The second-order valence-electron chi connectivity index (χ2n) is 6.77. The van der Waals surface area contributed by atoms with E-state index in [9.17, 15) is 4.79 Å². The number of halogens is 2. The van der Waals surface area contributed by atoms with Crippen LogP contribution in [0, 0.1) is 0 Å². The molecule has 2 heterocycles. The summed E-state index contributed by atoms with van der Waals surface area (Å²) in [4.78, 5) is 21.8. The van der Waals surface area contributed by atoms with E-state index in [-0.39, 0.29) is 30.7 Å². The molecule has 0 unspecified atom stereocenters. The van der Waals surface area contributed by atoms with Gasteiger partial charge in [-0.05, 0) is 29.3 Å². The van der Waals surface area contributed by atoms with E-state index in [0.717, 1.165) is 54.2 Å². The predicted molar refractivity (Wildman–Crippen MR) is 125 cm³/mol. The Kier molecular flexibility index (Phi) is 8.07. The number of fused-ring (bicyclic) bond motifs is 1. The molecule has 1 amide bonds. The lowest BCUT2D eigenvalue weighted by atomic mass is 10.0. The number of hydrogen-bond donors (Lipinski definition) is 1. The Labute approximate surface area is 187 Å². The molecule has 0 saturated carbocycles. The van der Waals surface area contributed by atoms with Gasteiger partial charge in [0.05, 0.1) is 5.56 Å². The van der Waals surface area contributed by atoms with Crippen molar-refractivity contribution in [1.29, 1.82) is 0 Å². The van der Waals surface area contributed by atoms with Gasteiger partial charge in [-0.15, -0.1) is 24.8 Å². The van der Waals surface area contributed by atoms with E-state index in [0.29, 0.717) is 17.8 Å². The molecule has 4 rings (SSSR count). The van der Waals surface area contributed by atoms with Gasteiger partial charge in [0, 0.05) is 49.8 Å². The third kappa shape index (κ3) is 4.91. The summed E-state index contributed by atoms with van der Waals surface area (Å²) >= 11 is 1.44. The number of amides is 1. The molecular weight excluding hydrogens is 429 g/mol. The van der Waals surface area contributed by atoms with Crippen LogP contribution in [0.1, 0.15) is 29.5 Å². The number of nitrogen functional groups attached to an aromatic ring is 1. The molecular formula is C20H25Cl2N5OS. The van der Waals surface area contributed by atoms with Gasteiger partial charge in [0.2, 0.25) is 5.13 Å². The summed E-state index contributed by atoms with van der Waals surface area (Å²) < 4.78 is 4.37. The van der Waals surface area contributed by atoms with E-state index in [1.807, 2.05) is 41.3 Å². The summed E-state index contributed by atoms with van der Waals surface area (Å²) in [5.74, 6) is 0.891. The number of aryl methyl sites for hydroxylation is 1. The van der Waals surface area contributed by atoms with Crippen molar-refractivity contribution < 1.29 is 4.79 Å². The molecule has 1 saturated heterocycles. The lowest BCUT2D eigenvalue weighted by Gasteiger charge is -2.22. The van der Waals surface area contributed by atoms with Crippen LogP contribution in [-0.4, -0.2) is 46.3 Å². The van der Waals surface area contributed by atoms with Crippen LogP contribution < -0.4 is 10.6 Å². The van der Waals surface area contributed by atoms with E-state index in [2.05, 4.69) is 21.2 Å². The molecule has 1 aromatic heterocycles. The molecule has 2 N–H and O–H groups in total. The Morgan fingerprint density at radius 3 is 2.52 bits per heavy atom. The highest BCUT2D eigenvalue weighted by Crippen LogP contribution is 2.24. The molecule has 1 aliphatic heterocycles. The fourth-order valence-electron chi connectivity index (χ4n) is 3.44. The summed E-state index contributed by atoms with van der Waals surface area (Å²) in [5.41, 5.74) is 7.32. The maximum atomic E-state index is 13.1. The summed E-state index contributed by atoms with van der Waals surface area (Å²) in [5, 5.41) is 3.04. The van der Waals surface area contributed by atoms with Crippen molar-refractivity contribution in [2.24, 2.45) is 0 Å². The van der Waals surface area contributed by atoms with Crippen LogP contribution in [-0.2, 0) is 6.42 Å². The normalized spacial score (nSPS) is 14.1. The number of carbonyl (C=O) groups excluding carboxylic acids is 1. The zero-order chi connectivity index (χ0) is 18.8. The van der Waals surface area contributed by atoms with Crippen molar-refractivity contribution >= 4 is 63.8 Å². The first kappa shape index (κ1) is 23.2. The van der Waals surface area contributed by atoms with Crippen LogP contribution in [0.25, 0.3) is 10.8 Å². The number of hydrogen-bond acceptors (Lipinski definition) is 6. The van der Waals surface area contributed by atoms with E-state index in [1.54, 1.807) is 0 Å². The number of benzene rings is 2. The summed E-state index contributed by atoms with van der Waals surface area (Å²) in [7, 11) is 0. The molecule has 2 aromatic carbocycles. The van der Waals surface area contributed by atoms with Crippen molar-refractivity contribution in [3.05, 3.63) is 47.8 Å². The maximum absolute atomic E-state index is 13.1. The van der Waals surface area contributed by atoms with Crippen molar-refractivity contribution in [3.8, 4) is 0 Å². The van der Waals surface area contributed by atoms with Crippen LogP contribution >= 0.6 is 36.3 Å². The van der Waals surface area contributed by atoms with Gasteiger partial charge < -0.3 is 15.5 Å². The van der Waals surface area contributed by atoms with Gasteiger partial charge in [0.25, 0.3) is 5.91 Å². The van der Waals surface area contributed by atoms with Crippen molar-refractivity contribution in [2.75, 3.05) is 36.8 Å². The highest BCUT2D eigenvalue weighted by Gasteiger charge is 2.23. The minimum atomic E-state index is 0. The van der Waals surface area contributed by atoms with Crippen LogP contribution in [0.5, 0.6) is 0 Å². The highest BCUT2D eigenvalue weighted by molar-refractivity contribution is 7.09. The van der Waals surface area contributed by atoms with Crippen LogP contribution in [0.4, 0.5) is 10.8 Å². The SMILES string of the molecule is CCc1nsc(N2CCCN(C(=O)c3cc4ccccc4cc3N)CC2)n1.Cl.Cl. The van der Waals surface area contributed by atoms with Crippen LogP contribution in [0.15, 0.2) is 36.4 Å². The smallest absolute Gasteiger partial charge is 0.256 e. The van der Waals surface area contributed by atoms with Gasteiger partial charge in [-0.1, -0.05) is 31.2 Å². The van der Waals surface area contributed by atoms with Gasteiger partial charge >= 0.3 is 0 Å². The lowest BCUT2D eigenvalue weighted by molar-refractivity contribution is 0.0768. The first-order chi connectivity index (χ1) is 13.2. The Hall–Kier alpha value is -2.09. The Morgan fingerprint density at radius 2 is 1.83 bits per heavy atom. The van der Waals surface area contributed by atoms with E-state index < -0.39 is 0 Å². The number of aromatic nitrogens is 2. The van der Waals surface area contributed by atoms with Gasteiger partial charge in [0.1, 0.15) is 5.82 Å². The second kappa shape index (κ2) is 10.1. The molecule has 0 bridgehead atoms. The minimum Gasteiger partial charge on any atom is -0.398 e. The van der Waals surface area contributed by atoms with Gasteiger partial charge in [-0.25, -0.2) is 4.98 Å². The second-order valence-corrected chi connectivity index (χ2v) is 7.50. The van der Waals surface area contributed by atoms with Crippen LogP contribution in [0.3, 0.4) is 0 Å². The van der Waals surface area contributed by atoms with Gasteiger partial charge in [0.15, 0.2) is 0 Å². The lowest BCUT2D eigenvalue weighted by Crippen LogP contribution is -2.35. The topological polar surface area (TPSA) is 75.4 Å². The molecule has 0 radical (unpaired) electrons. The monoisotopic (exact) mass is 453 g/mol.